The van der Waals surface area contributed by atoms with Crippen LogP contribution in [-0.2, 0) is 11.2 Å². The Kier molecular flexibility index (Phi) is 9.34. The highest BCUT2D eigenvalue weighted by Crippen LogP contribution is 2.18. The molecule has 1 aromatic carbocycles. The molecule has 27 heavy (non-hydrogen) atoms. The van der Waals surface area contributed by atoms with Crippen LogP contribution in [0.5, 0.6) is 0 Å². The minimum Gasteiger partial charge on any atom is -0.444 e. The van der Waals surface area contributed by atoms with Gasteiger partial charge in [0.2, 0.25) is 5.89 Å². The van der Waals surface area contributed by atoms with Gasteiger partial charge in [-0.1, -0.05) is 0 Å². The average molecular weight is 376 g/mol. The number of oxazole rings is 1. The third-order valence-electron chi connectivity index (χ3n) is 3.83. The molecule has 0 fully saturated rings. The Morgan fingerprint density at radius 1 is 1.19 bits per heavy atom. The number of nitrogens with zero attached hydrogens (tertiary/aromatic N) is 2. The molecule has 0 atom stereocenters. The Hall–Kier alpha value is -2.41. The number of benzene rings is 1. The van der Waals surface area contributed by atoms with Crippen LogP contribution in [0.2, 0.25) is 0 Å². The second-order valence-corrected chi connectivity index (χ2v) is 5.99. The molecular formula is C20H29FN4O2. The predicted octanol–water partition coefficient (Wildman–Crippen LogP) is 3.40. The van der Waals surface area contributed by atoms with E-state index in [1.807, 2.05) is 13.8 Å². The fourth-order valence-corrected chi connectivity index (χ4v) is 2.45. The summed E-state index contributed by atoms with van der Waals surface area (Å²) in [5, 5.41) is 6.54. The number of aliphatic imine (C=N–C) groups is 1. The van der Waals surface area contributed by atoms with Gasteiger partial charge in [-0.25, -0.2) is 9.37 Å². The van der Waals surface area contributed by atoms with Crippen LogP contribution < -0.4 is 10.6 Å². The first-order valence-corrected chi connectivity index (χ1v) is 9.53. The Bertz CT molecular complexity index is 686. The molecule has 1 heterocycles. The molecule has 0 saturated heterocycles. The molecule has 1 aromatic heterocycles. The van der Waals surface area contributed by atoms with Crippen LogP contribution >= 0.6 is 0 Å². The standard InChI is InChI=1S/C20H29FN4O2/c1-3-22-20(23-12-5-6-14-26-4-2)24-13-11-18-15-27-19(25-18)16-7-9-17(21)10-8-16/h7-10,15H,3-6,11-14H2,1-2H3,(H2,22,23,24). The summed E-state index contributed by atoms with van der Waals surface area (Å²) in [7, 11) is 0. The predicted molar refractivity (Wildman–Crippen MR) is 105 cm³/mol. The molecule has 148 valence electrons. The van der Waals surface area contributed by atoms with Gasteiger partial charge in [-0.15, -0.1) is 0 Å². The van der Waals surface area contributed by atoms with Crippen molar-refractivity contribution in [2.24, 2.45) is 4.99 Å². The van der Waals surface area contributed by atoms with E-state index in [1.54, 1.807) is 18.4 Å². The van der Waals surface area contributed by atoms with E-state index in [2.05, 4.69) is 20.6 Å². The highest BCUT2D eigenvalue weighted by molar-refractivity contribution is 5.79. The lowest BCUT2D eigenvalue weighted by atomic mass is 10.2. The zero-order valence-corrected chi connectivity index (χ0v) is 16.1. The van der Waals surface area contributed by atoms with Gasteiger partial charge in [0, 0.05) is 44.8 Å². The van der Waals surface area contributed by atoms with Gasteiger partial charge in [0.05, 0.1) is 5.69 Å². The summed E-state index contributed by atoms with van der Waals surface area (Å²) in [6, 6.07) is 6.11. The van der Waals surface area contributed by atoms with E-state index in [1.165, 1.54) is 12.1 Å². The lowest BCUT2D eigenvalue weighted by molar-refractivity contribution is 0.144. The van der Waals surface area contributed by atoms with Crippen molar-refractivity contribution in [3.63, 3.8) is 0 Å². The van der Waals surface area contributed by atoms with Crippen LogP contribution in [0, 0.1) is 5.82 Å². The number of ether oxygens (including phenoxy) is 1. The van der Waals surface area contributed by atoms with Crippen LogP contribution in [0.3, 0.4) is 0 Å². The summed E-state index contributed by atoms with van der Waals surface area (Å²) in [5.41, 5.74) is 1.60. The number of aromatic nitrogens is 1. The molecule has 2 aromatic rings. The minimum absolute atomic E-state index is 0.275. The zero-order valence-electron chi connectivity index (χ0n) is 16.1. The first kappa shape index (κ1) is 20.9. The van der Waals surface area contributed by atoms with Crippen molar-refractivity contribution < 1.29 is 13.5 Å². The van der Waals surface area contributed by atoms with Gasteiger partial charge in [0.1, 0.15) is 12.1 Å². The van der Waals surface area contributed by atoms with Crippen LogP contribution in [0.25, 0.3) is 11.5 Å². The molecule has 0 aliphatic carbocycles. The van der Waals surface area contributed by atoms with Crippen molar-refractivity contribution in [2.45, 2.75) is 33.1 Å². The monoisotopic (exact) mass is 376 g/mol. The summed E-state index contributed by atoms with van der Waals surface area (Å²) < 4.78 is 23.8. The van der Waals surface area contributed by atoms with Gasteiger partial charge in [-0.2, -0.15) is 0 Å². The fraction of sp³-hybridized carbons (Fsp3) is 0.500. The summed E-state index contributed by atoms with van der Waals surface area (Å²) in [5.74, 6) is 1.03. The first-order valence-electron chi connectivity index (χ1n) is 9.53. The third kappa shape index (κ3) is 7.78. The Labute approximate surface area is 160 Å². The highest BCUT2D eigenvalue weighted by atomic mass is 19.1. The van der Waals surface area contributed by atoms with Gasteiger partial charge in [0.15, 0.2) is 5.96 Å². The van der Waals surface area contributed by atoms with Crippen molar-refractivity contribution in [1.82, 2.24) is 15.6 Å². The number of nitrogens with one attached hydrogen (secondary N) is 2. The summed E-state index contributed by atoms with van der Waals surface area (Å²) in [6.45, 7) is 7.86. The number of rotatable bonds is 11. The number of hydrogen-bond donors (Lipinski definition) is 2. The van der Waals surface area contributed by atoms with Gasteiger partial charge in [0.25, 0.3) is 0 Å². The maximum absolute atomic E-state index is 13.0. The molecule has 0 saturated carbocycles. The maximum Gasteiger partial charge on any atom is 0.226 e. The number of guanidine groups is 1. The van der Waals surface area contributed by atoms with Gasteiger partial charge >= 0.3 is 0 Å². The van der Waals surface area contributed by atoms with Crippen molar-refractivity contribution in [1.29, 1.82) is 0 Å². The van der Waals surface area contributed by atoms with Crippen molar-refractivity contribution in [2.75, 3.05) is 32.8 Å². The average Bonchev–Trinajstić information content (AvgIpc) is 3.14. The second kappa shape index (κ2) is 12.1. The van der Waals surface area contributed by atoms with E-state index >= 15 is 0 Å². The molecule has 0 radical (unpaired) electrons. The summed E-state index contributed by atoms with van der Waals surface area (Å²) in [4.78, 5) is 9.02. The molecule has 0 amide bonds. The number of halogens is 1. The highest BCUT2D eigenvalue weighted by Gasteiger charge is 2.07. The SMILES string of the molecule is CCNC(=NCCCCOCC)NCCc1coc(-c2ccc(F)cc2)n1. The van der Waals surface area contributed by atoms with Gasteiger partial charge in [-0.3, -0.25) is 4.99 Å². The van der Waals surface area contributed by atoms with Crippen LogP contribution in [0.15, 0.2) is 39.9 Å². The van der Waals surface area contributed by atoms with E-state index in [-0.39, 0.29) is 5.82 Å². The molecule has 0 aliphatic rings. The molecule has 0 spiro atoms. The van der Waals surface area contributed by atoms with Gasteiger partial charge in [-0.05, 0) is 51.0 Å². The summed E-state index contributed by atoms with van der Waals surface area (Å²) >= 11 is 0. The Morgan fingerprint density at radius 2 is 2.00 bits per heavy atom. The quantitative estimate of drug-likeness (QED) is 0.357. The van der Waals surface area contributed by atoms with Crippen LogP contribution in [0.4, 0.5) is 4.39 Å². The minimum atomic E-state index is -0.275. The molecule has 2 N–H and O–H groups in total. The van der Waals surface area contributed by atoms with E-state index in [0.29, 0.717) is 18.9 Å². The van der Waals surface area contributed by atoms with E-state index in [4.69, 9.17) is 9.15 Å². The topological polar surface area (TPSA) is 71.7 Å². The van der Waals surface area contributed by atoms with Crippen molar-refractivity contribution >= 4 is 5.96 Å². The van der Waals surface area contributed by atoms with Crippen molar-refractivity contribution in [3.05, 3.63) is 42.0 Å². The summed E-state index contributed by atoms with van der Waals surface area (Å²) in [6.07, 6.45) is 4.36. The number of hydrogen-bond acceptors (Lipinski definition) is 4. The molecule has 0 aliphatic heterocycles. The Balaban J connectivity index is 1.76. The van der Waals surface area contributed by atoms with Gasteiger partial charge < -0.3 is 19.8 Å². The largest absolute Gasteiger partial charge is 0.444 e. The third-order valence-corrected chi connectivity index (χ3v) is 3.83. The fourth-order valence-electron chi connectivity index (χ4n) is 2.45. The molecule has 2 rings (SSSR count). The van der Waals surface area contributed by atoms with E-state index < -0.39 is 0 Å². The molecule has 0 bridgehead atoms. The Morgan fingerprint density at radius 3 is 2.74 bits per heavy atom. The van der Waals surface area contributed by atoms with Crippen molar-refractivity contribution in [3.8, 4) is 11.5 Å². The lowest BCUT2D eigenvalue weighted by Crippen LogP contribution is -2.38. The lowest BCUT2D eigenvalue weighted by Gasteiger charge is -2.10. The van der Waals surface area contributed by atoms with E-state index in [9.17, 15) is 4.39 Å². The number of unbranched alkanes of at least 4 members (excludes halogenated alkanes) is 1. The molecule has 0 unspecified atom stereocenters. The van der Waals surface area contributed by atoms with Crippen LogP contribution in [0.1, 0.15) is 32.4 Å². The van der Waals surface area contributed by atoms with E-state index in [0.717, 1.165) is 56.4 Å². The molecule has 6 nitrogen and oxygen atoms in total. The zero-order chi connectivity index (χ0) is 19.3. The normalized spacial score (nSPS) is 11.6. The smallest absolute Gasteiger partial charge is 0.226 e. The second-order valence-electron chi connectivity index (χ2n) is 5.99. The maximum atomic E-state index is 13.0. The molecular weight excluding hydrogens is 347 g/mol. The van der Waals surface area contributed by atoms with Crippen LogP contribution in [-0.4, -0.2) is 43.8 Å². The first-order chi connectivity index (χ1) is 13.2. The molecule has 7 heteroatoms.